The molecule has 1 aromatic heterocycles. The summed E-state index contributed by atoms with van der Waals surface area (Å²) in [5, 5.41) is 3.07. The number of rotatable bonds is 7. The Balaban J connectivity index is 2.01. The predicted molar refractivity (Wildman–Crippen MR) is 91.0 cm³/mol. The molecule has 7 heteroatoms. The Morgan fingerprint density at radius 2 is 1.92 bits per heavy atom. The van der Waals surface area contributed by atoms with E-state index in [4.69, 9.17) is 21.1 Å². The van der Waals surface area contributed by atoms with Crippen LogP contribution in [0.5, 0.6) is 11.5 Å². The molecule has 1 aromatic carbocycles. The zero-order chi connectivity index (χ0) is 17.5. The average Bonchev–Trinajstić information content (AvgIpc) is 2.61. The molecule has 0 aliphatic heterocycles. The Labute approximate surface area is 144 Å². The summed E-state index contributed by atoms with van der Waals surface area (Å²) >= 11 is 6.02. The van der Waals surface area contributed by atoms with Gasteiger partial charge in [0, 0.05) is 42.9 Å². The maximum atomic E-state index is 12.1. The van der Waals surface area contributed by atoms with Crippen LogP contribution < -0.4 is 14.8 Å². The fraction of sp³-hybridized carbons (Fsp3) is 0.235. The van der Waals surface area contributed by atoms with Crippen molar-refractivity contribution in [2.24, 2.45) is 0 Å². The highest BCUT2D eigenvalue weighted by molar-refractivity contribution is 6.32. The van der Waals surface area contributed by atoms with Gasteiger partial charge in [0.2, 0.25) is 5.91 Å². The molecule has 0 radical (unpaired) electrons. The van der Waals surface area contributed by atoms with Gasteiger partial charge in [-0.2, -0.15) is 0 Å². The molecule has 126 valence electrons. The smallest absolute Gasteiger partial charge is 0.224 e. The second-order valence-corrected chi connectivity index (χ2v) is 5.31. The van der Waals surface area contributed by atoms with Gasteiger partial charge in [0.05, 0.1) is 24.9 Å². The second-order valence-electron chi connectivity index (χ2n) is 4.90. The number of aromatic nitrogens is 1. The first-order valence-electron chi connectivity index (χ1n) is 7.19. The van der Waals surface area contributed by atoms with E-state index in [0.717, 1.165) is 0 Å². The Kier molecular flexibility index (Phi) is 6.14. The lowest BCUT2D eigenvalue weighted by Crippen LogP contribution is -2.14. The summed E-state index contributed by atoms with van der Waals surface area (Å²) in [5.41, 5.74) is 0.911. The Morgan fingerprint density at radius 3 is 2.54 bits per heavy atom. The number of halogens is 1. The number of pyridine rings is 1. The van der Waals surface area contributed by atoms with Crippen LogP contribution in [0.25, 0.3) is 0 Å². The minimum absolute atomic E-state index is 0.0435. The van der Waals surface area contributed by atoms with Crippen LogP contribution in [0.2, 0.25) is 5.02 Å². The molecule has 0 bridgehead atoms. The predicted octanol–water partition coefficient (Wildman–Crippen LogP) is 3.35. The van der Waals surface area contributed by atoms with Crippen LogP contribution in [0.1, 0.15) is 23.2 Å². The van der Waals surface area contributed by atoms with Gasteiger partial charge in [0.15, 0.2) is 5.78 Å². The standard InChI is InChI=1S/C17H17ClN2O4/c1-23-15-9-13(16(24-2)8-12(15)18)20-17(22)6-5-14(21)11-4-3-7-19-10-11/h3-4,7-10H,5-6H2,1-2H3,(H,20,22). The number of amides is 1. The number of Topliss-reactive ketones (excluding diaryl/α,β-unsaturated/α-hetero) is 1. The summed E-state index contributed by atoms with van der Waals surface area (Å²) in [7, 11) is 2.95. The van der Waals surface area contributed by atoms with Crippen LogP contribution in [-0.2, 0) is 4.79 Å². The normalized spacial score (nSPS) is 10.1. The summed E-state index contributed by atoms with van der Waals surface area (Å²) in [6.07, 6.45) is 3.20. The fourth-order valence-electron chi connectivity index (χ4n) is 2.07. The number of hydrogen-bond donors (Lipinski definition) is 1. The molecule has 0 fully saturated rings. The number of carbonyl (C=O) groups is 2. The molecule has 1 N–H and O–H groups in total. The highest BCUT2D eigenvalue weighted by Gasteiger charge is 2.14. The van der Waals surface area contributed by atoms with E-state index in [1.807, 2.05) is 0 Å². The van der Waals surface area contributed by atoms with Crippen LogP contribution in [-0.4, -0.2) is 30.9 Å². The molecule has 0 atom stereocenters. The van der Waals surface area contributed by atoms with E-state index >= 15 is 0 Å². The van der Waals surface area contributed by atoms with Crippen molar-refractivity contribution < 1.29 is 19.1 Å². The Hall–Kier alpha value is -2.60. The van der Waals surface area contributed by atoms with Gasteiger partial charge < -0.3 is 14.8 Å². The van der Waals surface area contributed by atoms with Crippen molar-refractivity contribution in [1.82, 2.24) is 4.98 Å². The maximum absolute atomic E-state index is 12.1. The number of nitrogens with zero attached hydrogens (tertiary/aromatic N) is 1. The number of carbonyl (C=O) groups excluding carboxylic acids is 2. The van der Waals surface area contributed by atoms with Gasteiger partial charge in [-0.3, -0.25) is 14.6 Å². The summed E-state index contributed by atoms with van der Waals surface area (Å²) < 4.78 is 10.3. The minimum Gasteiger partial charge on any atom is -0.495 e. The average molecular weight is 349 g/mol. The molecule has 0 saturated carbocycles. The first kappa shape index (κ1) is 17.7. The van der Waals surface area contributed by atoms with Gasteiger partial charge in [0.25, 0.3) is 0 Å². The van der Waals surface area contributed by atoms with E-state index in [1.54, 1.807) is 30.5 Å². The highest BCUT2D eigenvalue weighted by Crippen LogP contribution is 2.35. The van der Waals surface area contributed by atoms with Crippen molar-refractivity contribution in [3.05, 3.63) is 47.2 Å². The lowest BCUT2D eigenvalue weighted by atomic mass is 10.1. The summed E-state index contributed by atoms with van der Waals surface area (Å²) in [6, 6.07) is 6.47. The number of ether oxygens (including phenoxy) is 2. The Morgan fingerprint density at radius 1 is 1.17 bits per heavy atom. The highest BCUT2D eigenvalue weighted by atomic mass is 35.5. The van der Waals surface area contributed by atoms with Gasteiger partial charge in [-0.1, -0.05) is 11.6 Å². The van der Waals surface area contributed by atoms with Gasteiger partial charge in [0.1, 0.15) is 11.5 Å². The molecule has 1 heterocycles. The summed E-state index contributed by atoms with van der Waals surface area (Å²) in [4.78, 5) is 28.0. The Bertz CT molecular complexity index is 735. The van der Waals surface area contributed by atoms with Gasteiger partial charge >= 0.3 is 0 Å². The number of nitrogens with one attached hydrogen (secondary N) is 1. The zero-order valence-electron chi connectivity index (χ0n) is 13.3. The van der Waals surface area contributed by atoms with E-state index in [2.05, 4.69) is 10.3 Å². The van der Waals surface area contributed by atoms with Crippen LogP contribution in [0.3, 0.4) is 0 Å². The molecule has 0 spiro atoms. The molecule has 24 heavy (non-hydrogen) atoms. The minimum atomic E-state index is -0.310. The number of hydrogen-bond acceptors (Lipinski definition) is 5. The molecular formula is C17H17ClN2O4. The lowest BCUT2D eigenvalue weighted by molar-refractivity contribution is -0.116. The quantitative estimate of drug-likeness (QED) is 0.776. The fourth-order valence-corrected chi connectivity index (χ4v) is 2.30. The molecule has 0 saturated heterocycles. The number of ketones is 1. The third-order valence-electron chi connectivity index (χ3n) is 3.31. The summed E-state index contributed by atoms with van der Waals surface area (Å²) in [5.74, 6) is 0.376. The molecule has 6 nitrogen and oxygen atoms in total. The lowest BCUT2D eigenvalue weighted by Gasteiger charge is -2.13. The van der Waals surface area contributed by atoms with Crippen LogP contribution in [0.15, 0.2) is 36.7 Å². The maximum Gasteiger partial charge on any atom is 0.224 e. The molecular weight excluding hydrogens is 332 g/mol. The third kappa shape index (κ3) is 4.45. The van der Waals surface area contributed by atoms with E-state index in [1.165, 1.54) is 20.4 Å². The van der Waals surface area contributed by atoms with E-state index < -0.39 is 0 Å². The van der Waals surface area contributed by atoms with E-state index in [-0.39, 0.29) is 24.5 Å². The number of anilines is 1. The van der Waals surface area contributed by atoms with Crippen LogP contribution >= 0.6 is 11.6 Å². The van der Waals surface area contributed by atoms with Crippen LogP contribution in [0, 0.1) is 0 Å². The molecule has 0 unspecified atom stereocenters. The monoisotopic (exact) mass is 348 g/mol. The zero-order valence-corrected chi connectivity index (χ0v) is 14.1. The van der Waals surface area contributed by atoms with E-state index in [0.29, 0.717) is 27.8 Å². The summed E-state index contributed by atoms with van der Waals surface area (Å²) in [6.45, 7) is 0. The van der Waals surface area contributed by atoms with Gasteiger partial charge in [-0.15, -0.1) is 0 Å². The van der Waals surface area contributed by atoms with Crippen molar-refractivity contribution in [3.8, 4) is 11.5 Å². The number of methoxy groups -OCH3 is 2. The molecule has 2 aromatic rings. The number of benzene rings is 1. The second kappa shape index (κ2) is 8.31. The largest absolute Gasteiger partial charge is 0.495 e. The molecule has 0 aliphatic carbocycles. The molecule has 0 aliphatic rings. The molecule has 1 amide bonds. The molecule has 2 rings (SSSR count). The van der Waals surface area contributed by atoms with Gasteiger partial charge in [-0.05, 0) is 12.1 Å². The van der Waals surface area contributed by atoms with Crippen LogP contribution in [0.4, 0.5) is 5.69 Å². The van der Waals surface area contributed by atoms with Crippen molar-refractivity contribution >= 4 is 29.0 Å². The van der Waals surface area contributed by atoms with Crippen molar-refractivity contribution in [1.29, 1.82) is 0 Å². The topological polar surface area (TPSA) is 77.5 Å². The first-order chi connectivity index (χ1) is 11.5. The third-order valence-corrected chi connectivity index (χ3v) is 3.61. The van der Waals surface area contributed by atoms with Gasteiger partial charge in [-0.25, -0.2) is 0 Å². The van der Waals surface area contributed by atoms with Crippen molar-refractivity contribution in [3.63, 3.8) is 0 Å². The SMILES string of the molecule is COc1cc(NC(=O)CCC(=O)c2cccnc2)c(OC)cc1Cl. The first-order valence-corrected chi connectivity index (χ1v) is 7.57. The van der Waals surface area contributed by atoms with E-state index in [9.17, 15) is 9.59 Å². The van der Waals surface area contributed by atoms with Crippen molar-refractivity contribution in [2.75, 3.05) is 19.5 Å². The van der Waals surface area contributed by atoms with Crippen molar-refractivity contribution in [2.45, 2.75) is 12.8 Å².